The quantitative estimate of drug-likeness (QED) is 0.265. The molecule has 1 fully saturated rings. The third kappa shape index (κ3) is 4.64. The summed E-state index contributed by atoms with van der Waals surface area (Å²) in [5, 5.41) is 28.1. The molecule has 5 rings (SSSR count). The summed E-state index contributed by atoms with van der Waals surface area (Å²) < 4.78 is 18.4. The molecule has 4 atom stereocenters. The molecule has 11 heteroatoms. The Labute approximate surface area is 254 Å². The first-order valence-electron chi connectivity index (χ1n) is 14.7. The Kier molecular flexibility index (Phi) is 8.48. The first-order valence-corrected chi connectivity index (χ1v) is 15.5. The number of carbonyl (C=O) groups excluding carboxylic acids is 2. The summed E-state index contributed by atoms with van der Waals surface area (Å²) in [6.45, 7) is 4.85. The maximum absolute atomic E-state index is 14.4. The number of ether oxygens (including phenoxy) is 2. The number of fused-ring (bicyclic) bond motifs is 4. The molecule has 3 aliphatic rings. The van der Waals surface area contributed by atoms with Crippen molar-refractivity contribution in [3.05, 3.63) is 38.6 Å². The molecule has 3 aliphatic carbocycles. The van der Waals surface area contributed by atoms with Crippen LogP contribution in [0.2, 0.25) is 0 Å². The minimum atomic E-state index is -2.42. The number of aliphatic hydroxyl groups excluding tert-OH is 1. The average Bonchev–Trinajstić information content (AvgIpc) is 3.33. The molecule has 1 aromatic heterocycles. The summed E-state index contributed by atoms with van der Waals surface area (Å²) in [6, 6.07) is 1.19. The molecule has 228 valence electrons. The summed E-state index contributed by atoms with van der Waals surface area (Å²) in [4.78, 5) is 32.3. The zero-order valence-corrected chi connectivity index (χ0v) is 26.7. The van der Waals surface area contributed by atoms with E-state index in [2.05, 4.69) is 28.0 Å². The van der Waals surface area contributed by atoms with Gasteiger partial charge in [-0.25, -0.2) is 0 Å². The molecule has 10 nitrogen and oxygen atoms in total. The van der Waals surface area contributed by atoms with Gasteiger partial charge < -0.3 is 29.1 Å². The van der Waals surface area contributed by atoms with Crippen molar-refractivity contribution in [3.63, 3.8) is 0 Å². The average molecular weight is 647 g/mol. The normalized spacial score (nSPS) is 24.7. The number of rotatable bonds is 10. The van der Waals surface area contributed by atoms with Crippen LogP contribution in [0.1, 0.15) is 79.2 Å². The predicted octanol–water partition coefficient (Wildman–Crippen LogP) is 5.12. The molecule has 0 aliphatic heterocycles. The van der Waals surface area contributed by atoms with Gasteiger partial charge in [0.25, 0.3) is 5.88 Å². The molecule has 2 aromatic rings. The Bertz CT molecular complexity index is 1430. The van der Waals surface area contributed by atoms with Crippen LogP contribution in [0, 0.1) is 11.8 Å². The maximum atomic E-state index is 14.4. The lowest BCUT2D eigenvalue weighted by Crippen LogP contribution is -2.63. The monoisotopic (exact) mass is 645 g/mol. The number of unbranched alkanes of at least 4 members (excludes halogenated alkanes) is 2. The number of Topliss-reactive ketones (excluding diaryl/α,β-unsaturated/α-hetero) is 2. The fourth-order valence-corrected chi connectivity index (χ4v) is 7.58. The number of hydrogen-bond acceptors (Lipinski definition) is 10. The second-order valence-electron chi connectivity index (χ2n) is 11.9. The predicted molar refractivity (Wildman–Crippen MR) is 161 cm³/mol. The Morgan fingerprint density at radius 2 is 1.74 bits per heavy atom. The van der Waals surface area contributed by atoms with Crippen molar-refractivity contribution in [2.75, 3.05) is 46.3 Å². The SMILES string of the molecule is CCCCOc1cc(Br)c(N(C)C)c2c1C(O)=C1C(=O)[C@]3(O)C(=O)c4c(OCCCC)noc4[C@@H](N(C)C)[C@@H]3C[C@@H]1C2. The molecule has 1 saturated carbocycles. The molecule has 0 saturated heterocycles. The first kappa shape index (κ1) is 30.6. The van der Waals surface area contributed by atoms with Gasteiger partial charge in [0.15, 0.2) is 11.4 Å². The zero-order chi connectivity index (χ0) is 30.5. The molecule has 1 heterocycles. The van der Waals surface area contributed by atoms with Crippen molar-refractivity contribution in [1.29, 1.82) is 0 Å². The summed E-state index contributed by atoms with van der Waals surface area (Å²) >= 11 is 3.69. The van der Waals surface area contributed by atoms with Gasteiger partial charge in [0, 0.05) is 30.1 Å². The van der Waals surface area contributed by atoms with E-state index in [0.717, 1.165) is 41.4 Å². The second-order valence-corrected chi connectivity index (χ2v) is 12.8. The van der Waals surface area contributed by atoms with E-state index in [4.69, 9.17) is 14.0 Å². The second kappa shape index (κ2) is 11.7. The van der Waals surface area contributed by atoms with Crippen LogP contribution in [0.5, 0.6) is 11.6 Å². The number of halogens is 1. The third-order valence-corrected chi connectivity index (χ3v) is 9.34. The van der Waals surface area contributed by atoms with Gasteiger partial charge >= 0.3 is 0 Å². The highest BCUT2D eigenvalue weighted by Gasteiger charge is 2.65. The summed E-state index contributed by atoms with van der Waals surface area (Å²) in [7, 11) is 7.48. The van der Waals surface area contributed by atoms with Crippen molar-refractivity contribution in [3.8, 4) is 11.6 Å². The van der Waals surface area contributed by atoms with Crippen LogP contribution >= 0.6 is 15.9 Å². The van der Waals surface area contributed by atoms with Crippen LogP contribution in [-0.2, 0) is 11.2 Å². The van der Waals surface area contributed by atoms with E-state index in [9.17, 15) is 19.8 Å². The molecular formula is C31H40BrN3O7. The molecule has 0 radical (unpaired) electrons. The van der Waals surface area contributed by atoms with Gasteiger partial charge in [-0.2, -0.15) is 0 Å². The summed E-state index contributed by atoms with van der Waals surface area (Å²) in [5.41, 5.74) is -0.206. The van der Waals surface area contributed by atoms with Crippen LogP contribution < -0.4 is 14.4 Å². The molecular weight excluding hydrogens is 606 g/mol. The van der Waals surface area contributed by atoms with E-state index in [1.54, 1.807) is 0 Å². The first-order chi connectivity index (χ1) is 20.0. The number of anilines is 1. The minimum Gasteiger partial charge on any atom is -0.507 e. The number of nitrogens with zero attached hydrogens (tertiary/aromatic N) is 3. The van der Waals surface area contributed by atoms with Crippen LogP contribution in [-0.4, -0.2) is 78.8 Å². The number of aromatic nitrogens is 1. The summed E-state index contributed by atoms with van der Waals surface area (Å²) in [6.07, 6.45) is 4.08. The van der Waals surface area contributed by atoms with Crippen molar-refractivity contribution >= 4 is 38.9 Å². The van der Waals surface area contributed by atoms with E-state index in [-0.39, 0.29) is 35.0 Å². The maximum Gasteiger partial charge on any atom is 0.265 e. The van der Waals surface area contributed by atoms with Gasteiger partial charge in [-0.15, -0.1) is 0 Å². The van der Waals surface area contributed by atoms with E-state index >= 15 is 0 Å². The highest BCUT2D eigenvalue weighted by molar-refractivity contribution is 9.10. The number of carbonyl (C=O) groups is 2. The molecule has 0 spiro atoms. The van der Waals surface area contributed by atoms with Gasteiger partial charge in [-0.3, -0.25) is 14.5 Å². The standard InChI is InChI=1S/C31H40BrN3O7/c1-7-9-11-40-20-15-19(32)24(34(3)4)17-13-16-14-18-25(35(5)6)27-23(30(33-42-27)41-12-10-8-2)29(38)31(18,39)28(37)21(16)26(36)22(17)20/h15-16,18,25,36,39H,7-14H2,1-6H3/t16-,18-,25-,31-/m0/s1. The van der Waals surface area contributed by atoms with Crippen molar-refractivity contribution < 1.29 is 33.8 Å². The third-order valence-electron chi connectivity index (χ3n) is 8.74. The Balaban J connectivity index is 1.67. The summed E-state index contributed by atoms with van der Waals surface area (Å²) in [5.74, 6) is -2.37. The van der Waals surface area contributed by atoms with Crippen LogP contribution in [0.15, 0.2) is 20.6 Å². The van der Waals surface area contributed by atoms with Crippen LogP contribution in [0.25, 0.3) is 5.76 Å². The smallest absolute Gasteiger partial charge is 0.265 e. The molecule has 0 amide bonds. The molecule has 0 bridgehead atoms. The van der Waals surface area contributed by atoms with E-state index in [1.165, 1.54) is 0 Å². The van der Waals surface area contributed by atoms with Gasteiger partial charge in [0.05, 0.1) is 30.5 Å². The Hall–Kier alpha value is -2.89. The van der Waals surface area contributed by atoms with Crippen molar-refractivity contribution in [2.24, 2.45) is 11.8 Å². The van der Waals surface area contributed by atoms with E-state index < -0.39 is 35.0 Å². The van der Waals surface area contributed by atoms with E-state index in [1.807, 2.05) is 51.0 Å². The molecule has 1 aromatic carbocycles. The molecule has 2 N–H and O–H groups in total. The number of hydrogen-bond donors (Lipinski definition) is 2. The Morgan fingerprint density at radius 1 is 1.07 bits per heavy atom. The lowest BCUT2D eigenvalue weighted by atomic mass is 9.57. The lowest BCUT2D eigenvalue weighted by molar-refractivity contribution is -0.142. The molecule has 42 heavy (non-hydrogen) atoms. The zero-order valence-electron chi connectivity index (χ0n) is 25.1. The topological polar surface area (TPSA) is 126 Å². The van der Waals surface area contributed by atoms with Gasteiger partial charge in [-0.05, 0) is 78.4 Å². The van der Waals surface area contributed by atoms with Crippen molar-refractivity contribution in [1.82, 2.24) is 10.1 Å². The van der Waals surface area contributed by atoms with Gasteiger partial charge in [0.2, 0.25) is 11.6 Å². The van der Waals surface area contributed by atoms with Crippen LogP contribution in [0.4, 0.5) is 5.69 Å². The van der Waals surface area contributed by atoms with E-state index in [0.29, 0.717) is 30.9 Å². The van der Waals surface area contributed by atoms with Gasteiger partial charge in [0.1, 0.15) is 17.1 Å². The van der Waals surface area contributed by atoms with Gasteiger partial charge in [-0.1, -0.05) is 26.7 Å². The number of ketones is 2. The highest BCUT2D eigenvalue weighted by Crippen LogP contribution is 2.57. The fraction of sp³-hybridized carbons (Fsp3) is 0.581. The minimum absolute atomic E-state index is 0.00550. The molecule has 0 unspecified atom stereocenters. The Morgan fingerprint density at radius 3 is 2.36 bits per heavy atom. The largest absolute Gasteiger partial charge is 0.507 e. The van der Waals surface area contributed by atoms with Crippen LogP contribution in [0.3, 0.4) is 0 Å². The lowest BCUT2D eigenvalue weighted by Gasteiger charge is -2.49. The number of benzene rings is 1. The van der Waals surface area contributed by atoms with Crippen molar-refractivity contribution in [2.45, 2.75) is 64.0 Å². The fourth-order valence-electron chi connectivity index (χ4n) is 6.78. The number of aliphatic hydroxyl groups is 2. The highest BCUT2D eigenvalue weighted by atomic mass is 79.9.